The van der Waals surface area contributed by atoms with Gasteiger partial charge in [-0.1, -0.05) is 19.0 Å². The van der Waals surface area contributed by atoms with Gasteiger partial charge in [0.15, 0.2) is 5.82 Å². The van der Waals surface area contributed by atoms with Crippen molar-refractivity contribution in [3.05, 3.63) is 23.6 Å². The van der Waals surface area contributed by atoms with E-state index in [9.17, 15) is 0 Å². The SMILES string of the molecule is Cc1cn(CC(C)C)c(NCc2nc(C)no2)n1. The summed E-state index contributed by atoms with van der Waals surface area (Å²) in [6.07, 6.45) is 2.04. The number of aromatic nitrogens is 4. The van der Waals surface area contributed by atoms with Gasteiger partial charge in [-0.2, -0.15) is 4.98 Å². The van der Waals surface area contributed by atoms with Crippen LogP contribution >= 0.6 is 0 Å². The molecule has 0 spiro atoms. The van der Waals surface area contributed by atoms with Crippen molar-refractivity contribution in [3.63, 3.8) is 0 Å². The van der Waals surface area contributed by atoms with Crippen LogP contribution in [0.15, 0.2) is 10.7 Å². The van der Waals surface area contributed by atoms with E-state index in [-0.39, 0.29) is 0 Å². The molecule has 1 N–H and O–H groups in total. The molecule has 6 heteroatoms. The summed E-state index contributed by atoms with van der Waals surface area (Å²) in [6.45, 7) is 9.58. The number of aryl methyl sites for hydroxylation is 2. The molecule has 2 heterocycles. The highest BCUT2D eigenvalue weighted by atomic mass is 16.5. The number of anilines is 1. The van der Waals surface area contributed by atoms with Crippen LogP contribution in [-0.4, -0.2) is 19.7 Å². The van der Waals surface area contributed by atoms with Crippen LogP contribution in [0, 0.1) is 19.8 Å². The molecule has 2 aromatic heterocycles. The van der Waals surface area contributed by atoms with Gasteiger partial charge in [0.05, 0.1) is 12.2 Å². The summed E-state index contributed by atoms with van der Waals surface area (Å²) in [5.74, 6) is 2.64. The first-order chi connectivity index (χ1) is 8.54. The molecule has 2 rings (SSSR count). The summed E-state index contributed by atoms with van der Waals surface area (Å²) in [5.41, 5.74) is 1.000. The summed E-state index contributed by atoms with van der Waals surface area (Å²) < 4.78 is 7.17. The zero-order valence-corrected chi connectivity index (χ0v) is 11.3. The van der Waals surface area contributed by atoms with Crippen LogP contribution in [0.3, 0.4) is 0 Å². The summed E-state index contributed by atoms with van der Waals surface area (Å²) in [4.78, 5) is 8.59. The number of hydrogen-bond donors (Lipinski definition) is 1. The zero-order chi connectivity index (χ0) is 13.1. The van der Waals surface area contributed by atoms with Crippen molar-refractivity contribution in [1.29, 1.82) is 0 Å². The van der Waals surface area contributed by atoms with E-state index in [1.54, 1.807) is 6.92 Å². The maximum Gasteiger partial charge on any atom is 0.246 e. The molecular weight excluding hydrogens is 230 g/mol. The largest absolute Gasteiger partial charge is 0.347 e. The second kappa shape index (κ2) is 5.20. The van der Waals surface area contributed by atoms with Gasteiger partial charge in [-0.3, -0.25) is 0 Å². The fraction of sp³-hybridized carbons (Fsp3) is 0.583. The fourth-order valence-corrected chi connectivity index (χ4v) is 1.79. The quantitative estimate of drug-likeness (QED) is 0.879. The first kappa shape index (κ1) is 12.6. The molecule has 0 fully saturated rings. The number of rotatable bonds is 5. The van der Waals surface area contributed by atoms with Crippen molar-refractivity contribution in [1.82, 2.24) is 19.7 Å². The number of nitrogens with one attached hydrogen (secondary N) is 1. The Balaban J connectivity index is 2.04. The van der Waals surface area contributed by atoms with Crippen LogP contribution in [0.25, 0.3) is 0 Å². The second-order valence-electron chi connectivity index (χ2n) is 4.84. The number of imidazole rings is 1. The molecule has 0 aliphatic heterocycles. The minimum absolute atomic E-state index is 0.495. The Labute approximate surface area is 106 Å². The normalized spacial score (nSPS) is 11.2. The fourth-order valence-electron chi connectivity index (χ4n) is 1.79. The van der Waals surface area contributed by atoms with Crippen molar-refractivity contribution in [3.8, 4) is 0 Å². The highest BCUT2D eigenvalue weighted by molar-refractivity contribution is 5.28. The Morgan fingerprint density at radius 1 is 1.33 bits per heavy atom. The van der Waals surface area contributed by atoms with Gasteiger partial charge in [-0.25, -0.2) is 4.98 Å². The maximum absolute atomic E-state index is 5.05. The predicted octanol–water partition coefficient (Wildman–Crippen LogP) is 2.15. The topological polar surface area (TPSA) is 68.8 Å². The summed E-state index contributed by atoms with van der Waals surface area (Å²) >= 11 is 0. The highest BCUT2D eigenvalue weighted by Crippen LogP contribution is 2.12. The van der Waals surface area contributed by atoms with Gasteiger partial charge in [-0.15, -0.1) is 0 Å². The van der Waals surface area contributed by atoms with Crippen LogP contribution in [0.2, 0.25) is 0 Å². The van der Waals surface area contributed by atoms with E-state index in [0.29, 0.717) is 24.2 Å². The first-order valence-electron chi connectivity index (χ1n) is 6.11. The molecule has 0 unspecified atom stereocenters. The molecule has 0 saturated carbocycles. The minimum Gasteiger partial charge on any atom is -0.347 e. The van der Waals surface area contributed by atoms with Crippen LogP contribution in [0.5, 0.6) is 0 Å². The van der Waals surface area contributed by atoms with E-state index < -0.39 is 0 Å². The Morgan fingerprint density at radius 2 is 2.11 bits per heavy atom. The third kappa shape index (κ3) is 3.09. The zero-order valence-electron chi connectivity index (χ0n) is 11.3. The summed E-state index contributed by atoms with van der Waals surface area (Å²) in [5, 5.41) is 6.98. The number of nitrogens with zero attached hydrogens (tertiary/aromatic N) is 4. The lowest BCUT2D eigenvalue weighted by Crippen LogP contribution is -2.10. The van der Waals surface area contributed by atoms with Gasteiger partial charge in [0.1, 0.15) is 0 Å². The molecule has 18 heavy (non-hydrogen) atoms. The van der Waals surface area contributed by atoms with Crippen molar-refractivity contribution in [2.24, 2.45) is 5.92 Å². The second-order valence-corrected chi connectivity index (χ2v) is 4.84. The Kier molecular flexibility index (Phi) is 3.64. The molecule has 0 amide bonds. The average molecular weight is 249 g/mol. The lowest BCUT2D eigenvalue weighted by molar-refractivity contribution is 0.379. The van der Waals surface area contributed by atoms with E-state index in [1.807, 2.05) is 13.1 Å². The lowest BCUT2D eigenvalue weighted by atomic mass is 10.2. The van der Waals surface area contributed by atoms with E-state index in [0.717, 1.165) is 18.2 Å². The first-order valence-corrected chi connectivity index (χ1v) is 6.11. The van der Waals surface area contributed by atoms with E-state index >= 15 is 0 Å². The van der Waals surface area contributed by atoms with Crippen LogP contribution in [-0.2, 0) is 13.1 Å². The Hall–Kier alpha value is -1.85. The molecule has 6 nitrogen and oxygen atoms in total. The average Bonchev–Trinajstić information content (AvgIpc) is 2.82. The third-order valence-electron chi connectivity index (χ3n) is 2.43. The standard InChI is InChI=1S/C12H19N5O/c1-8(2)6-17-7-9(3)14-12(17)13-5-11-15-10(4)16-18-11/h7-8H,5-6H2,1-4H3,(H,13,14). The van der Waals surface area contributed by atoms with Gasteiger partial charge >= 0.3 is 0 Å². The monoisotopic (exact) mass is 249 g/mol. The molecule has 0 saturated heterocycles. The molecule has 98 valence electrons. The highest BCUT2D eigenvalue weighted by Gasteiger charge is 2.08. The van der Waals surface area contributed by atoms with Gasteiger partial charge in [-0.05, 0) is 19.8 Å². The number of hydrogen-bond acceptors (Lipinski definition) is 5. The molecule has 0 atom stereocenters. The predicted molar refractivity (Wildman–Crippen MR) is 68.2 cm³/mol. The van der Waals surface area contributed by atoms with E-state index in [1.165, 1.54) is 0 Å². The van der Waals surface area contributed by atoms with Gasteiger partial charge < -0.3 is 14.4 Å². The van der Waals surface area contributed by atoms with Crippen LogP contribution in [0.1, 0.15) is 31.3 Å². The van der Waals surface area contributed by atoms with Crippen LogP contribution < -0.4 is 5.32 Å². The summed E-state index contributed by atoms with van der Waals surface area (Å²) in [6, 6.07) is 0. The van der Waals surface area contributed by atoms with Crippen LogP contribution in [0.4, 0.5) is 5.95 Å². The maximum atomic E-state index is 5.05. The lowest BCUT2D eigenvalue weighted by Gasteiger charge is -2.10. The van der Waals surface area contributed by atoms with E-state index in [4.69, 9.17) is 4.52 Å². The minimum atomic E-state index is 0.495. The molecular formula is C12H19N5O. The smallest absolute Gasteiger partial charge is 0.246 e. The molecule has 0 radical (unpaired) electrons. The Morgan fingerprint density at radius 3 is 2.72 bits per heavy atom. The molecule has 0 aromatic carbocycles. The Bertz CT molecular complexity index is 514. The third-order valence-corrected chi connectivity index (χ3v) is 2.43. The van der Waals surface area contributed by atoms with Crippen molar-refractivity contribution in [2.45, 2.75) is 40.8 Å². The summed E-state index contributed by atoms with van der Waals surface area (Å²) in [7, 11) is 0. The van der Waals surface area contributed by atoms with Gasteiger partial charge in [0.2, 0.25) is 11.8 Å². The van der Waals surface area contributed by atoms with Gasteiger partial charge in [0.25, 0.3) is 0 Å². The van der Waals surface area contributed by atoms with Crippen molar-refractivity contribution in [2.75, 3.05) is 5.32 Å². The molecule has 0 aliphatic rings. The van der Waals surface area contributed by atoms with Crippen molar-refractivity contribution < 1.29 is 4.52 Å². The molecule has 2 aromatic rings. The van der Waals surface area contributed by atoms with E-state index in [2.05, 4.69) is 38.9 Å². The van der Waals surface area contributed by atoms with Gasteiger partial charge in [0, 0.05) is 12.7 Å². The molecule has 0 aliphatic carbocycles. The molecule has 0 bridgehead atoms. The van der Waals surface area contributed by atoms with Crippen molar-refractivity contribution >= 4 is 5.95 Å².